The number of hydrogen-bond acceptors (Lipinski definition) is 3. The van der Waals surface area contributed by atoms with Crippen molar-refractivity contribution < 1.29 is 14.2 Å². The van der Waals surface area contributed by atoms with E-state index in [0.29, 0.717) is 6.61 Å². The van der Waals surface area contributed by atoms with Crippen molar-refractivity contribution in [3.63, 3.8) is 0 Å². The molecule has 0 unspecified atom stereocenters. The largest absolute Gasteiger partial charge is 0.493 e. The highest BCUT2D eigenvalue weighted by molar-refractivity contribution is 5.95. The monoisotopic (exact) mass is 330 g/mol. The smallest absolute Gasteiger partial charge is 0.169 e. The molecule has 2 aromatic rings. The van der Waals surface area contributed by atoms with Crippen LogP contribution in [0.2, 0.25) is 0 Å². The van der Waals surface area contributed by atoms with E-state index in [1.165, 1.54) is 25.7 Å². The average Bonchev–Trinajstić information content (AvgIpc) is 2.63. The average molecular weight is 330 g/mol. The van der Waals surface area contributed by atoms with Crippen LogP contribution in [0.4, 0.5) is 0 Å². The maximum atomic E-state index is 6.06. The third-order valence-electron chi connectivity index (χ3n) is 4.14. The highest BCUT2D eigenvalue weighted by atomic mass is 16.5. The van der Waals surface area contributed by atoms with Gasteiger partial charge in [0.05, 0.1) is 20.3 Å². The summed E-state index contributed by atoms with van der Waals surface area (Å²) in [6.45, 7) is 5.84. The van der Waals surface area contributed by atoms with Crippen LogP contribution in [-0.4, -0.2) is 20.3 Å². The van der Waals surface area contributed by atoms with Crippen LogP contribution in [0, 0.1) is 0 Å². The second-order valence-electron chi connectivity index (χ2n) is 6.06. The van der Waals surface area contributed by atoms with Gasteiger partial charge in [-0.3, -0.25) is 0 Å². The zero-order valence-corrected chi connectivity index (χ0v) is 15.3. The van der Waals surface area contributed by atoms with Crippen LogP contribution in [0.1, 0.15) is 52.4 Å². The molecule has 0 aliphatic carbocycles. The predicted octanol–water partition coefficient (Wildman–Crippen LogP) is 5.99. The Morgan fingerprint density at radius 3 is 2.00 bits per heavy atom. The number of benzene rings is 2. The van der Waals surface area contributed by atoms with Crippen molar-refractivity contribution >= 4 is 10.8 Å². The first-order valence-electron chi connectivity index (χ1n) is 9.17. The molecule has 2 aromatic carbocycles. The van der Waals surface area contributed by atoms with Gasteiger partial charge in [0.25, 0.3) is 0 Å². The van der Waals surface area contributed by atoms with Gasteiger partial charge in [0.1, 0.15) is 5.75 Å². The number of methoxy groups -OCH3 is 1. The Morgan fingerprint density at radius 1 is 0.750 bits per heavy atom. The van der Waals surface area contributed by atoms with Gasteiger partial charge in [-0.15, -0.1) is 0 Å². The molecule has 24 heavy (non-hydrogen) atoms. The van der Waals surface area contributed by atoms with Gasteiger partial charge in [0.2, 0.25) is 0 Å². The number of hydrogen-bond donors (Lipinski definition) is 0. The van der Waals surface area contributed by atoms with Crippen LogP contribution in [0.3, 0.4) is 0 Å². The van der Waals surface area contributed by atoms with Crippen molar-refractivity contribution in [2.75, 3.05) is 20.3 Å². The quantitative estimate of drug-likeness (QED) is 0.474. The SMILES string of the molecule is CCCCCOc1cc(OC)c(OCCCCC)c2ccccc12. The summed E-state index contributed by atoms with van der Waals surface area (Å²) in [6, 6.07) is 10.2. The minimum atomic E-state index is 0.713. The molecular formula is C21H30O3. The Balaban J connectivity index is 2.26. The molecule has 0 atom stereocenters. The third-order valence-corrected chi connectivity index (χ3v) is 4.14. The summed E-state index contributed by atoms with van der Waals surface area (Å²) in [7, 11) is 1.68. The van der Waals surface area contributed by atoms with Crippen LogP contribution < -0.4 is 14.2 Å². The summed E-state index contributed by atoms with van der Waals surface area (Å²) in [5.74, 6) is 2.44. The molecule has 2 rings (SSSR count). The van der Waals surface area contributed by atoms with Crippen LogP contribution in [0.25, 0.3) is 10.8 Å². The lowest BCUT2D eigenvalue weighted by atomic mass is 10.1. The first-order chi connectivity index (χ1) is 11.8. The molecule has 0 aliphatic rings. The minimum Gasteiger partial charge on any atom is -0.493 e. The third kappa shape index (κ3) is 4.80. The van der Waals surface area contributed by atoms with E-state index in [1.54, 1.807) is 7.11 Å². The molecule has 0 radical (unpaired) electrons. The van der Waals surface area contributed by atoms with Crippen LogP contribution in [0.15, 0.2) is 30.3 Å². The Bertz CT molecular complexity index is 622. The number of ether oxygens (including phenoxy) is 3. The van der Waals surface area contributed by atoms with Gasteiger partial charge in [-0.05, 0) is 12.8 Å². The zero-order chi connectivity index (χ0) is 17.2. The molecule has 132 valence electrons. The van der Waals surface area contributed by atoms with Crippen molar-refractivity contribution in [2.24, 2.45) is 0 Å². The standard InChI is InChI=1S/C21H30O3/c1-4-6-10-14-23-19-16-20(22-3)21(24-15-11-7-5-2)18-13-9-8-12-17(18)19/h8-9,12-13,16H,4-7,10-11,14-15H2,1-3H3. The lowest BCUT2D eigenvalue weighted by Gasteiger charge is -2.17. The molecular weight excluding hydrogens is 300 g/mol. The van der Waals surface area contributed by atoms with Crippen molar-refractivity contribution in [3.8, 4) is 17.2 Å². The second-order valence-corrected chi connectivity index (χ2v) is 6.06. The molecule has 0 heterocycles. The summed E-state index contributed by atoms with van der Waals surface area (Å²) in [5.41, 5.74) is 0. The van der Waals surface area contributed by atoms with Crippen molar-refractivity contribution in [1.29, 1.82) is 0 Å². The summed E-state index contributed by atoms with van der Waals surface area (Å²) in [5, 5.41) is 2.14. The van der Waals surface area contributed by atoms with E-state index in [0.717, 1.165) is 47.5 Å². The molecule has 0 amide bonds. The van der Waals surface area contributed by atoms with Gasteiger partial charge in [-0.1, -0.05) is 63.8 Å². The Labute approximate surface area is 145 Å². The summed E-state index contributed by atoms with van der Waals surface area (Å²) in [4.78, 5) is 0. The van der Waals surface area contributed by atoms with Gasteiger partial charge in [0, 0.05) is 16.8 Å². The van der Waals surface area contributed by atoms with Gasteiger partial charge < -0.3 is 14.2 Å². The predicted molar refractivity (Wildman–Crippen MR) is 101 cm³/mol. The molecule has 3 nitrogen and oxygen atoms in total. The molecule has 0 saturated heterocycles. The van der Waals surface area contributed by atoms with Crippen LogP contribution in [-0.2, 0) is 0 Å². The van der Waals surface area contributed by atoms with Gasteiger partial charge in [0.15, 0.2) is 11.5 Å². The maximum absolute atomic E-state index is 6.06. The van der Waals surface area contributed by atoms with Gasteiger partial charge >= 0.3 is 0 Å². The first-order valence-corrected chi connectivity index (χ1v) is 9.17. The van der Waals surface area contributed by atoms with E-state index >= 15 is 0 Å². The zero-order valence-electron chi connectivity index (χ0n) is 15.3. The fourth-order valence-electron chi connectivity index (χ4n) is 2.77. The molecule has 0 N–H and O–H groups in total. The number of rotatable bonds is 11. The van der Waals surface area contributed by atoms with Crippen molar-refractivity contribution in [2.45, 2.75) is 52.4 Å². The number of fused-ring (bicyclic) bond motifs is 1. The normalized spacial score (nSPS) is 10.8. The summed E-state index contributed by atoms with van der Waals surface area (Å²) < 4.78 is 17.7. The maximum Gasteiger partial charge on any atom is 0.169 e. The lowest BCUT2D eigenvalue weighted by molar-refractivity contribution is 0.284. The van der Waals surface area contributed by atoms with Crippen LogP contribution >= 0.6 is 0 Å². The summed E-state index contributed by atoms with van der Waals surface area (Å²) in [6.07, 6.45) is 6.88. The molecule has 0 aliphatic heterocycles. The molecule has 0 bridgehead atoms. The highest BCUT2D eigenvalue weighted by Crippen LogP contribution is 2.41. The van der Waals surface area contributed by atoms with E-state index < -0.39 is 0 Å². The van der Waals surface area contributed by atoms with Crippen LogP contribution in [0.5, 0.6) is 17.2 Å². The minimum absolute atomic E-state index is 0.713. The fraction of sp³-hybridized carbons (Fsp3) is 0.524. The Kier molecular flexibility index (Phi) is 7.73. The lowest BCUT2D eigenvalue weighted by Crippen LogP contribution is -2.02. The fourth-order valence-corrected chi connectivity index (χ4v) is 2.77. The molecule has 0 fully saturated rings. The van der Waals surface area contributed by atoms with Gasteiger partial charge in [-0.2, -0.15) is 0 Å². The molecule has 0 saturated carbocycles. The van der Waals surface area contributed by atoms with Gasteiger partial charge in [-0.25, -0.2) is 0 Å². The van der Waals surface area contributed by atoms with E-state index in [1.807, 2.05) is 18.2 Å². The second kappa shape index (κ2) is 10.1. The van der Waals surface area contributed by atoms with Crippen molar-refractivity contribution in [3.05, 3.63) is 30.3 Å². The van der Waals surface area contributed by atoms with E-state index in [-0.39, 0.29) is 0 Å². The molecule has 0 spiro atoms. The van der Waals surface area contributed by atoms with Crippen molar-refractivity contribution in [1.82, 2.24) is 0 Å². The molecule has 0 aromatic heterocycles. The molecule has 3 heteroatoms. The summed E-state index contributed by atoms with van der Waals surface area (Å²) >= 11 is 0. The van der Waals surface area contributed by atoms with E-state index in [4.69, 9.17) is 14.2 Å². The Morgan fingerprint density at radius 2 is 1.38 bits per heavy atom. The van der Waals surface area contributed by atoms with E-state index in [2.05, 4.69) is 26.0 Å². The highest BCUT2D eigenvalue weighted by Gasteiger charge is 2.14. The Hall–Kier alpha value is -1.90. The first kappa shape index (κ1) is 18.4. The number of unbranched alkanes of at least 4 members (excludes halogenated alkanes) is 4. The topological polar surface area (TPSA) is 27.7 Å². The van der Waals surface area contributed by atoms with E-state index in [9.17, 15) is 0 Å².